The van der Waals surface area contributed by atoms with Crippen molar-refractivity contribution >= 4 is 16.8 Å². The van der Waals surface area contributed by atoms with Crippen molar-refractivity contribution in [3.63, 3.8) is 0 Å². The normalized spacial score (nSPS) is 12.4. The maximum atomic E-state index is 12.3. The summed E-state index contributed by atoms with van der Waals surface area (Å²) in [4.78, 5) is 12.3. The van der Waals surface area contributed by atoms with Crippen molar-refractivity contribution in [1.82, 2.24) is 24.9 Å². The number of aryl methyl sites for hydroxylation is 1. The summed E-state index contributed by atoms with van der Waals surface area (Å²) in [5, 5.41) is 12.7. The van der Waals surface area contributed by atoms with E-state index in [0.29, 0.717) is 6.54 Å². The lowest BCUT2D eigenvalue weighted by Crippen LogP contribution is -2.33. The summed E-state index contributed by atoms with van der Waals surface area (Å²) < 4.78 is 3.68. The van der Waals surface area contributed by atoms with Crippen LogP contribution in [0.3, 0.4) is 0 Å². The number of fused-ring (bicyclic) bond motifs is 1. The zero-order chi connectivity index (χ0) is 16.1. The van der Waals surface area contributed by atoms with Gasteiger partial charge in [-0.25, -0.2) is 0 Å². The number of carbonyl (C=O) groups excluding carboxylic acids is 1. The van der Waals surface area contributed by atoms with Crippen molar-refractivity contribution in [2.75, 3.05) is 6.54 Å². The Morgan fingerprint density at radius 1 is 1.26 bits per heavy atom. The molecule has 0 radical (unpaired) electrons. The molecule has 0 unspecified atom stereocenters. The maximum absolute atomic E-state index is 12.3. The van der Waals surface area contributed by atoms with Gasteiger partial charge in [0, 0.05) is 30.9 Å². The van der Waals surface area contributed by atoms with Gasteiger partial charge >= 0.3 is 0 Å². The van der Waals surface area contributed by atoms with Gasteiger partial charge in [-0.3, -0.25) is 14.2 Å². The van der Waals surface area contributed by atoms with Crippen molar-refractivity contribution < 1.29 is 4.79 Å². The van der Waals surface area contributed by atoms with E-state index in [4.69, 9.17) is 0 Å². The highest BCUT2D eigenvalue weighted by Gasteiger charge is 2.17. The Hall–Kier alpha value is -2.63. The second-order valence-electron chi connectivity index (χ2n) is 5.48. The minimum absolute atomic E-state index is 0.0153. The van der Waals surface area contributed by atoms with E-state index < -0.39 is 0 Å². The minimum Gasteiger partial charge on any atom is -0.354 e. The first kappa shape index (κ1) is 15.3. The van der Waals surface area contributed by atoms with Crippen LogP contribution in [0.5, 0.6) is 0 Å². The quantitative estimate of drug-likeness (QED) is 0.681. The van der Waals surface area contributed by atoms with Crippen LogP contribution in [0.2, 0.25) is 0 Å². The molecule has 1 N–H and O–H groups in total. The molecule has 0 bridgehead atoms. The Bertz CT molecular complexity index is 762. The van der Waals surface area contributed by atoms with Crippen LogP contribution in [0, 0.1) is 0 Å². The van der Waals surface area contributed by atoms with E-state index in [0.717, 1.165) is 30.3 Å². The summed E-state index contributed by atoms with van der Waals surface area (Å²) in [6.45, 7) is 3.40. The van der Waals surface area contributed by atoms with Crippen LogP contribution < -0.4 is 5.32 Å². The first-order chi connectivity index (χ1) is 11.3. The molecule has 0 aliphatic rings. The molecule has 0 aliphatic heterocycles. The smallest absolute Gasteiger partial charge is 0.244 e. The summed E-state index contributed by atoms with van der Waals surface area (Å²) in [5.41, 5.74) is 1.13. The summed E-state index contributed by atoms with van der Waals surface area (Å²) >= 11 is 0. The molecule has 0 fully saturated rings. The first-order valence-corrected chi connectivity index (χ1v) is 7.97. The van der Waals surface area contributed by atoms with Gasteiger partial charge in [-0.15, -0.1) is 0 Å². The molecule has 6 nitrogen and oxygen atoms in total. The fraction of sp³-hybridized carbons (Fsp3) is 0.353. The number of benzene rings is 1. The summed E-state index contributed by atoms with van der Waals surface area (Å²) in [7, 11) is 0. The van der Waals surface area contributed by atoms with Crippen molar-refractivity contribution in [2.24, 2.45) is 0 Å². The van der Waals surface area contributed by atoms with Gasteiger partial charge in [-0.2, -0.15) is 10.2 Å². The van der Waals surface area contributed by atoms with Crippen molar-refractivity contribution in [2.45, 2.75) is 32.4 Å². The highest BCUT2D eigenvalue weighted by atomic mass is 16.2. The van der Waals surface area contributed by atoms with Crippen LogP contribution >= 0.6 is 0 Å². The largest absolute Gasteiger partial charge is 0.354 e. The van der Waals surface area contributed by atoms with Crippen LogP contribution in [-0.4, -0.2) is 32.0 Å². The van der Waals surface area contributed by atoms with Crippen molar-refractivity contribution in [3.8, 4) is 0 Å². The number of hydrogen-bond acceptors (Lipinski definition) is 3. The molecular weight excluding hydrogens is 290 g/mol. The predicted molar refractivity (Wildman–Crippen MR) is 88.9 cm³/mol. The highest BCUT2D eigenvalue weighted by molar-refractivity contribution is 5.80. The molecule has 1 atom stereocenters. The Morgan fingerprint density at radius 2 is 2.13 bits per heavy atom. The molecule has 0 saturated carbocycles. The van der Waals surface area contributed by atoms with E-state index in [1.54, 1.807) is 10.9 Å². The zero-order valence-corrected chi connectivity index (χ0v) is 13.2. The van der Waals surface area contributed by atoms with Gasteiger partial charge in [0.05, 0.1) is 11.7 Å². The van der Waals surface area contributed by atoms with Gasteiger partial charge in [-0.1, -0.05) is 25.1 Å². The molecule has 6 heteroatoms. The highest BCUT2D eigenvalue weighted by Crippen LogP contribution is 2.13. The Morgan fingerprint density at radius 3 is 2.91 bits per heavy atom. The molecular formula is C17H21N5O. The molecule has 1 aromatic carbocycles. The van der Waals surface area contributed by atoms with E-state index in [9.17, 15) is 4.79 Å². The fourth-order valence-corrected chi connectivity index (χ4v) is 2.72. The van der Waals surface area contributed by atoms with Crippen LogP contribution in [0.15, 0.2) is 48.9 Å². The number of amides is 1. The zero-order valence-electron chi connectivity index (χ0n) is 13.2. The fourth-order valence-electron chi connectivity index (χ4n) is 2.72. The van der Waals surface area contributed by atoms with Crippen molar-refractivity contribution in [1.29, 1.82) is 0 Å². The lowest BCUT2D eigenvalue weighted by atomic mass is 10.2. The van der Waals surface area contributed by atoms with Crippen LogP contribution in [-0.2, 0) is 11.3 Å². The van der Waals surface area contributed by atoms with E-state index in [-0.39, 0.29) is 11.9 Å². The van der Waals surface area contributed by atoms with E-state index in [2.05, 4.69) is 27.6 Å². The molecule has 2 heterocycles. The first-order valence-electron chi connectivity index (χ1n) is 7.97. The summed E-state index contributed by atoms with van der Waals surface area (Å²) in [6, 6.07) is 9.73. The number of rotatable bonds is 7. The van der Waals surface area contributed by atoms with E-state index in [1.807, 2.05) is 42.2 Å². The lowest BCUT2D eigenvalue weighted by Gasteiger charge is -2.15. The van der Waals surface area contributed by atoms with Gasteiger partial charge in [0.2, 0.25) is 5.91 Å². The molecule has 0 spiro atoms. The van der Waals surface area contributed by atoms with Crippen LogP contribution in [0.1, 0.15) is 25.8 Å². The summed E-state index contributed by atoms with van der Waals surface area (Å²) in [5.74, 6) is 0.0153. The second kappa shape index (κ2) is 7.09. The number of hydrogen-bond donors (Lipinski definition) is 1. The van der Waals surface area contributed by atoms with Crippen LogP contribution in [0.4, 0.5) is 0 Å². The van der Waals surface area contributed by atoms with Crippen molar-refractivity contribution in [3.05, 3.63) is 48.9 Å². The third-order valence-corrected chi connectivity index (χ3v) is 3.93. The number of carbonyl (C=O) groups is 1. The third kappa shape index (κ3) is 3.41. The average molecular weight is 311 g/mol. The molecule has 3 rings (SSSR count). The minimum atomic E-state index is -0.240. The van der Waals surface area contributed by atoms with Gasteiger partial charge in [0.1, 0.15) is 6.04 Å². The summed E-state index contributed by atoms with van der Waals surface area (Å²) in [6.07, 6.45) is 6.95. The lowest BCUT2D eigenvalue weighted by molar-refractivity contribution is -0.124. The standard InChI is InChI=1S/C17H21N5O/c1-2-15(21-12-6-10-19-21)17(23)18-9-5-11-22-16-8-4-3-7-14(16)13-20-22/h3-4,6-8,10,12-13,15H,2,5,9,11H2,1H3,(H,18,23)/t15-/m0/s1. The topological polar surface area (TPSA) is 64.7 Å². The Labute approximate surface area is 135 Å². The van der Waals surface area contributed by atoms with E-state index in [1.165, 1.54) is 0 Å². The van der Waals surface area contributed by atoms with Gasteiger partial charge in [0.15, 0.2) is 0 Å². The Balaban J connectivity index is 1.50. The SMILES string of the molecule is CC[C@@H](C(=O)NCCCn1ncc2ccccc21)n1cccn1. The monoisotopic (exact) mass is 311 g/mol. The number of para-hydroxylation sites is 1. The van der Waals surface area contributed by atoms with Gasteiger partial charge < -0.3 is 5.32 Å². The number of nitrogens with one attached hydrogen (secondary N) is 1. The molecule has 23 heavy (non-hydrogen) atoms. The number of aromatic nitrogens is 4. The third-order valence-electron chi connectivity index (χ3n) is 3.93. The predicted octanol–water partition coefficient (Wildman–Crippen LogP) is 2.39. The number of nitrogens with zero attached hydrogens (tertiary/aromatic N) is 4. The molecule has 2 aromatic heterocycles. The van der Waals surface area contributed by atoms with Gasteiger partial charge in [-0.05, 0) is 25.0 Å². The molecule has 3 aromatic rings. The Kier molecular flexibility index (Phi) is 4.71. The molecule has 0 aliphatic carbocycles. The van der Waals surface area contributed by atoms with Gasteiger partial charge in [0.25, 0.3) is 0 Å². The average Bonchev–Trinajstić information content (AvgIpc) is 3.22. The van der Waals surface area contributed by atoms with E-state index >= 15 is 0 Å². The molecule has 0 saturated heterocycles. The molecule has 1 amide bonds. The maximum Gasteiger partial charge on any atom is 0.244 e. The van der Waals surface area contributed by atoms with Crippen LogP contribution in [0.25, 0.3) is 10.9 Å². The second-order valence-corrected chi connectivity index (χ2v) is 5.48. The molecule has 120 valence electrons.